The number of benzene rings is 2. The Hall–Kier alpha value is -2.75. The van der Waals surface area contributed by atoms with Crippen molar-refractivity contribution >= 4 is 59.0 Å². The summed E-state index contributed by atoms with van der Waals surface area (Å²) in [6.45, 7) is 3.17. The number of fused-ring (bicyclic) bond motifs is 2. The third-order valence-corrected chi connectivity index (χ3v) is 8.24. The number of hydrogen-bond acceptors (Lipinski definition) is 6. The van der Waals surface area contributed by atoms with E-state index in [9.17, 15) is 14.7 Å². The number of rotatable bonds is 8. The van der Waals surface area contributed by atoms with Crippen LogP contribution >= 0.6 is 35.0 Å². The number of aliphatic carboxylic acids is 1. The van der Waals surface area contributed by atoms with E-state index >= 15 is 0 Å². The molecule has 0 bridgehead atoms. The topological polar surface area (TPSA) is 99.1 Å². The van der Waals surface area contributed by atoms with Crippen molar-refractivity contribution in [1.29, 1.82) is 0 Å². The molecule has 2 aromatic carbocycles. The Kier molecular flexibility index (Phi) is 10.2. The summed E-state index contributed by atoms with van der Waals surface area (Å²) in [5.74, 6) is -0.557. The van der Waals surface area contributed by atoms with Crippen molar-refractivity contribution in [1.82, 2.24) is 10.2 Å². The van der Waals surface area contributed by atoms with Crippen molar-refractivity contribution in [2.75, 3.05) is 12.4 Å². The first kappa shape index (κ1) is 29.2. The first-order valence-electron chi connectivity index (χ1n) is 12.6. The summed E-state index contributed by atoms with van der Waals surface area (Å²) in [7, 11) is 0. The lowest BCUT2D eigenvalue weighted by atomic mass is 9.97. The quantitative estimate of drug-likeness (QED) is 0.284. The minimum absolute atomic E-state index is 0.0366. The second-order valence-electron chi connectivity index (χ2n) is 9.11. The van der Waals surface area contributed by atoms with E-state index in [2.05, 4.69) is 5.32 Å². The molecular weight excluding hydrogens is 559 g/mol. The molecule has 2 aromatic rings. The smallest absolute Gasteiger partial charge is 0.352 e. The minimum atomic E-state index is -1.11. The Morgan fingerprint density at radius 2 is 2.00 bits per heavy atom. The molecule has 2 atom stereocenters. The maximum Gasteiger partial charge on any atom is 0.352 e. The van der Waals surface area contributed by atoms with Crippen LogP contribution in [0.3, 0.4) is 0 Å². The van der Waals surface area contributed by atoms with Crippen LogP contribution in [0, 0.1) is 0 Å². The molecule has 5 rings (SSSR count). The molecule has 1 amide bonds. The SMILES string of the molecule is CCCO.O=C(O)C1=C(/C=C/c2cc3c(cc2CCl)COC(Cl)=C3)CSC2C(NCc3ccccc3)C(=O)N12. The predicted molar refractivity (Wildman–Crippen MR) is 156 cm³/mol. The molecule has 1 fully saturated rings. The van der Waals surface area contributed by atoms with Crippen molar-refractivity contribution in [2.24, 2.45) is 0 Å². The predicted octanol–water partition coefficient (Wildman–Crippen LogP) is 5.31. The molecule has 1 saturated heterocycles. The van der Waals surface area contributed by atoms with Gasteiger partial charge in [-0.1, -0.05) is 49.4 Å². The zero-order chi connectivity index (χ0) is 27.9. The number of thioether (sulfide) groups is 1. The van der Waals surface area contributed by atoms with Crippen LogP contribution in [-0.4, -0.2) is 50.8 Å². The van der Waals surface area contributed by atoms with Crippen LogP contribution in [0.25, 0.3) is 12.2 Å². The normalized spacial score (nSPS) is 19.8. The van der Waals surface area contributed by atoms with Gasteiger partial charge in [-0.05, 0) is 63.5 Å². The molecule has 0 aliphatic carbocycles. The van der Waals surface area contributed by atoms with Gasteiger partial charge in [-0.25, -0.2) is 4.79 Å². The molecule has 2 unspecified atom stereocenters. The lowest BCUT2D eigenvalue weighted by molar-refractivity contribution is -0.149. The second-order valence-corrected chi connectivity index (χ2v) is 10.9. The number of carboxylic acid groups (broad SMARTS) is 1. The molecule has 206 valence electrons. The lowest BCUT2D eigenvalue weighted by Gasteiger charge is -2.49. The fraction of sp³-hybridized carbons (Fsp3) is 0.310. The van der Waals surface area contributed by atoms with Crippen molar-refractivity contribution in [2.45, 2.75) is 43.8 Å². The molecule has 0 radical (unpaired) electrons. The first-order chi connectivity index (χ1) is 18.9. The fourth-order valence-electron chi connectivity index (χ4n) is 4.41. The number of nitrogens with one attached hydrogen (secondary N) is 1. The molecule has 0 saturated carbocycles. The maximum absolute atomic E-state index is 12.9. The average Bonchev–Trinajstić information content (AvgIpc) is 2.95. The van der Waals surface area contributed by atoms with Gasteiger partial charge in [-0.2, -0.15) is 0 Å². The van der Waals surface area contributed by atoms with E-state index in [0.717, 1.165) is 34.2 Å². The number of halogens is 2. The van der Waals surface area contributed by atoms with E-state index in [-0.39, 0.29) is 17.0 Å². The lowest BCUT2D eigenvalue weighted by Crippen LogP contribution is -2.69. The molecule has 0 aromatic heterocycles. The fourth-order valence-corrected chi connectivity index (χ4v) is 6.16. The van der Waals surface area contributed by atoms with Gasteiger partial charge in [0.2, 0.25) is 5.91 Å². The van der Waals surface area contributed by atoms with Gasteiger partial charge in [-0.3, -0.25) is 15.0 Å². The van der Waals surface area contributed by atoms with Gasteiger partial charge in [0, 0.05) is 30.9 Å². The standard InChI is InChI=1S/C26H22Cl2N2O4S.C3H8O/c27-11-19-9-20-13-34-21(28)10-18(20)8-16(19)6-7-17-14-35-25-22(24(31)30(25)23(17)26(32)33)29-12-15-4-2-1-3-5-15;1-2-3-4/h1-10,22,25,29H,11-14H2,(H,32,33);4H,2-3H2,1H3/b7-6+;. The number of carboxylic acids is 1. The largest absolute Gasteiger partial charge is 0.478 e. The van der Waals surface area contributed by atoms with Crippen molar-refractivity contribution in [3.63, 3.8) is 0 Å². The summed E-state index contributed by atoms with van der Waals surface area (Å²) >= 11 is 13.8. The zero-order valence-corrected chi connectivity index (χ0v) is 23.7. The highest BCUT2D eigenvalue weighted by molar-refractivity contribution is 8.00. The van der Waals surface area contributed by atoms with Gasteiger partial charge in [0.1, 0.15) is 23.7 Å². The molecule has 3 aliphatic heterocycles. The second kappa shape index (κ2) is 13.5. The van der Waals surface area contributed by atoms with E-state index in [1.165, 1.54) is 4.90 Å². The molecule has 3 aliphatic rings. The summed E-state index contributed by atoms with van der Waals surface area (Å²) in [6.07, 6.45) is 6.25. The van der Waals surface area contributed by atoms with E-state index < -0.39 is 12.0 Å². The number of carbonyl (C=O) groups excluding carboxylic acids is 1. The van der Waals surface area contributed by atoms with Gasteiger partial charge in [0.25, 0.3) is 0 Å². The molecule has 3 heterocycles. The number of carbonyl (C=O) groups is 2. The van der Waals surface area contributed by atoms with Crippen LogP contribution in [0.1, 0.15) is 41.2 Å². The number of hydrogen-bond donors (Lipinski definition) is 3. The Labute approximate surface area is 242 Å². The Balaban J connectivity index is 0.000000826. The molecule has 3 N–H and O–H groups in total. The number of β-lactam (4-membered cyclic amide) rings is 1. The van der Waals surface area contributed by atoms with Crippen molar-refractivity contribution in [3.8, 4) is 0 Å². The van der Waals surface area contributed by atoms with Crippen molar-refractivity contribution in [3.05, 3.63) is 92.8 Å². The minimum Gasteiger partial charge on any atom is -0.478 e. The zero-order valence-electron chi connectivity index (χ0n) is 21.4. The molecule has 39 heavy (non-hydrogen) atoms. The van der Waals surface area contributed by atoms with Gasteiger partial charge in [0.15, 0.2) is 5.22 Å². The Morgan fingerprint density at radius 1 is 1.26 bits per heavy atom. The number of amides is 1. The third-order valence-electron chi connectivity index (χ3n) is 6.44. The summed E-state index contributed by atoms with van der Waals surface area (Å²) in [4.78, 5) is 26.5. The van der Waals surface area contributed by atoms with Crippen LogP contribution in [0.4, 0.5) is 0 Å². The summed E-state index contributed by atoms with van der Waals surface area (Å²) in [5.41, 5.74) is 5.39. The van der Waals surface area contributed by atoms with E-state index in [1.807, 2.05) is 55.5 Å². The number of alkyl halides is 1. The van der Waals surface area contributed by atoms with E-state index in [0.29, 0.717) is 42.2 Å². The van der Waals surface area contributed by atoms with E-state index in [1.54, 1.807) is 23.9 Å². The molecular formula is C29H30Cl2N2O5S. The highest BCUT2D eigenvalue weighted by Gasteiger charge is 2.53. The Morgan fingerprint density at radius 3 is 2.67 bits per heavy atom. The Bertz CT molecular complexity index is 1310. The molecule has 0 spiro atoms. The number of allylic oxidation sites excluding steroid dienone is 1. The first-order valence-corrected chi connectivity index (χ1v) is 14.5. The maximum atomic E-state index is 12.9. The number of nitrogens with zero attached hydrogens (tertiary/aromatic N) is 1. The number of aliphatic hydroxyl groups excluding tert-OH is 1. The highest BCUT2D eigenvalue weighted by Crippen LogP contribution is 2.41. The summed E-state index contributed by atoms with van der Waals surface area (Å²) in [6, 6.07) is 13.3. The summed E-state index contributed by atoms with van der Waals surface area (Å²) < 4.78 is 5.38. The monoisotopic (exact) mass is 588 g/mol. The molecule has 10 heteroatoms. The van der Waals surface area contributed by atoms with Crippen LogP contribution < -0.4 is 5.32 Å². The number of ether oxygens (including phenoxy) is 1. The van der Waals surface area contributed by atoms with Crippen molar-refractivity contribution < 1.29 is 24.5 Å². The van der Waals surface area contributed by atoms with Crippen LogP contribution in [0.2, 0.25) is 0 Å². The molecule has 7 nitrogen and oxygen atoms in total. The van der Waals surface area contributed by atoms with Crippen LogP contribution in [0.15, 0.2) is 65.0 Å². The number of aliphatic hydroxyl groups is 1. The van der Waals surface area contributed by atoms with Gasteiger partial charge < -0.3 is 14.9 Å². The van der Waals surface area contributed by atoms with E-state index in [4.69, 9.17) is 33.0 Å². The van der Waals surface area contributed by atoms with Gasteiger partial charge >= 0.3 is 5.97 Å². The van der Waals surface area contributed by atoms with Crippen LogP contribution in [0.5, 0.6) is 0 Å². The third kappa shape index (κ3) is 6.70. The summed E-state index contributed by atoms with van der Waals surface area (Å²) in [5, 5.41) is 21.2. The van der Waals surface area contributed by atoms with Gasteiger partial charge in [0.05, 0.1) is 0 Å². The highest BCUT2D eigenvalue weighted by atomic mass is 35.5. The van der Waals surface area contributed by atoms with Crippen LogP contribution in [-0.2, 0) is 33.4 Å². The van der Waals surface area contributed by atoms with Gasteiger partial charge in [-0.15, -0.1) is 23.4 Å². The average molecular weight is 590 g/mol.